The Morgan fingerprint density at radius 2 is 1.74 bits per heavy atom. The van der Waals surface area contributed by atoms with Crippen LogP contribution >= 0.6 is 15.9 Å². The molecule has 2 aromatic carbocycles. The normalized spacial score (nSPS) is 10.9. The average Bonchev–Trinajstić information content (AvgIpc) is 2.60. The first kappa shape index (κ1) is 20.9. The Morgan fingerprint density at radius 3 is 2.33 bits per heavy atom. The lowest BCUT2D eigenvalue weighted by atomic mass is 10.2. The van der Waals surface area contributed by atoms with Crippen LogP contribution in [0.3, 0.4) is 0 Å². The van der Waals surface area contributed by atoms with Crippen LogP contribution in [0.15, 0.2) is 53.0 Å². The number of carbonyl (C=O) groups is 2. The summed E-state index contributed by atoms with van der Waals surface area (Å²) in [6.45, 7) is 1.45. The zero-order chi connectivity index (χ0) is 20.0. The first-order chi connectivity index (χ1) is 12.7. The van der Waals surface area contributed by atoms with E-state index >= 15 is 0 Å². The Balaban J connectivity index is 2.22. The van der Waals surface area contributed by atoms with Gasteiger partial charge in [-0.15, -0.1) is 0 Å². The molecule has 0 unspecified atom stereocenters. The number of ether oxygens (including phenoxy) is 1. The summed E-state index contributed by atoms with van der Waals surface area (Å²) in [6.07, 6.45) is 1.02. The van der Waals surface area contributed by atoms with Crippen molar-refractivity contribution in [2.75, 3.05) is 29.0 Å². The Labute approximate surface area is 166 Å². The number of amides is 1. The van der Waals surface area contributed by atoms with Gasteiger partial charge in [0.1, 0.15) is 6.54 Å². The molecule has 9 heteroatoms. The molecular weight excluding hydrogens is 436 g/mol. The summed E-state index contributed by atoms with van der Waals surface area (Å²) in [6, 6.07) is 12.9. The van der Waals surface area contributed by atoms with E-state index < -0.39 is 28.4 Å². The zero-order valence-electron chi connectivity index (χ0n) is 14.8. The summed E-state index contributed by atoms with van der Waals surface area (Å²) in [5.41, 5.74) is 0.807. The summed E-state index contributed by atoms with van der Waals surface area (Å²) in [5, 5.41) is 2.58. The number of anilines is 2. The quantitative estimate of drug-likeness (QED) is 0.648. The second-order valence-electron chi connectivity index (χ2n) is 5.56. The lowest BCUT2D eigenvalue weighted by Gasteiger charge is -2.22. The van der Waals surface area contributed by atoms with E-state index in [9.17, 15) is 18.0 Å². The summed E-state index contributed by atoms with van der Waals surface area (Å²) < 4.78 is 31.0. The molecule has 0 saturated carbocycles. The fraction of sp³-hybridized carbons (Fsp3) is 0.222. The van der Waals surface area contributed by atoms with Gasteiger partial charge in [-0.2, -0.15) is 0 Å². The maximum Gasteiger partial charge on any atom is 0.340 e. The molecule has 2 aromatic rings. The van der Waals surface area contributed by atoms with Gasteiger partial charge >= 0.3 is 5.97 Å². The van der Waals surface area contributed by atoms with Crippen LogP contribution in [0.25, 0.3) is 0 Å². The Morgan fingerprint density at radius 1 is 1.11 bits per heavy atom. The molecule has 27 heavy (non-hydrogen) atoms. The van der Waals surface area contributed by atoms with Crippen molar-refractivity contribution in [3.8, 4) is 0 Å². The van der Waals surface area contributed by atoms with E-state index in [2.05, 4.69) is 21.2 Å². The van der Waals surface area contributed by atoms with Gasteiger partial charge in [-0.1, -0.05) is 28.1 Å². The van der Waals surface area contributed by atoms with Crippen molar-refractivity contribution in [2.45, 2.75) is 6.92 Å². The number of halogens is 1. The average molecular weight is 455 g/mol. The number of hydrogen-bond donors (Lipinski definition) is 1. The van der Waals surface area contributed by atoms with Crippen LogP contribution in [-0.2, 0) is 19.6 Å². The third-order valence-corrected chi connectivity index (χ3v) is 5.17. The van der Waals surface area contributed by atoms with E-state index in [1.807, 2.05) is 0 Å². The summed E-state index contributed by atoms with van der Waals surface area (Å²) >= 11 is 3.28. The minimum atomic E-state index is -3.69. The number of carbonyl (C=O) groups excluding carboxylic acids is 2. The molecule has 0 fully saturated rings. The zero-order valence-corrected chi connectivity index (χ0v) is 17.2. The van der Waals surface area contributed by atoms with Gasteiger partial charge in [0, 0.05) is 4.47 Å². The highest BCUT2D eigenvalue weighted by Crippen LogP contribution is 2.21. The summed E-state index contributed by atoms with van der Waals surface area (Å²) in [4.78, 5) is 24.5. The van der Waals surface area contributed by atoms with E-state index in [4.69, 9.17) is 4.74 Å². The maximum absolute atomic E-state index is 12.5. The van der Waals surface area contributed by atoms with Gasteiger partial charge in [0.05, 0.1) is 29.8 Å². The van der Waals surface area contributed by atoms with Crippen LogP contribution in [0.2, 0.25) is 0 Å². The lowest BCUT2D eigenvalue weighted by molar-refractivity contribution is -0.114. The molecule has 2 rings (SSSR count). The standard InChI is InChI=1S/C18H19BrN2O5S/c1-3-26-18(23)15-6-4-5-7-16(15)20-17(22)12-21(27(2,24)25)14-10-8-13(19)9-11-14/h4-11H,3,12H2,1-2H3,(H,20,22). The van der Waals surface area contributed by atoms with Crippen molar-refractivity contribution >= 4 is 49.2 Å². The molecule has 0 atom stereocenters. The fourth-order valence-corrected chi connectivity index (χ4v) is 3.43. The minimum absolute atomic E-state index is 0.197. The van der Waals surface area contributed by atoms with Crippen molar-refractivity contribution in [3.05, 3.63) is 58.6 Å². The molecule has 0 heterocycles. The van der Waals surface area contributed by atoms with Gasteiger partial charge in [-0.3, -0.25) is 9.10 Å². The number of nitrogens with one attached hydrogen (secondary N) is 1. The third-order valence-electron chi connectivity index (χ3n) is 3.50. The highest BCUT2D eigenvalue weighted by atomic mass is 79.9. The van der Waals surface area contributed by atoms with Crippen LogP contribution in [0, 0.1) is 0 Å². The molecule has 0 aliphatic rings. The van der Waals surface area contributed by atoms with Crippen molar-refractivity contribution in [1.82, 2.24) is 0 Å². The number of hydrogen-bond acceptors (Lipinski definition) is 5. The molecule has 0 bridgehead atoms. The first-order valence-electron chi connectivity index (χ1n) is 8.01. The third kappa shape index (κ3) is 5.80. The predicted molar refractivity (Wildman–Crippen MR) is 107 cm³/mol. The van der Waals surface area contributed by atoms with E-state index in [0.29, 0.717) is 5.69 Å². The molecule has 0 aliphatic heterocycles. The van der Waals surface area contributed by atoms with Gasteiger partial charge in [0.2, 0.25) is 15.9 Å². The number of benzene rings is 2. The molecule has 144 valence electrons. The Hall–Kier alpha value is -2.39. The highest BCUT2D eigenvalue weighted by Gasteiger charge is 2.22. The van der Waals surface area contributed by atoms with Crippen molar-refractivity contribution in [3.63, 3.8) is 0 Å². The van der Waals surface area contributed by atoms with Crippen LogP contribution in [0.5, 0.6) is 0 Å². The number of sulfonamides is 1. The maximum atomic E-state index is 12.5. The topological polar surface area (TPSA) is 92.8 Å². The molecule has 1 amide bonds. The van der Waals surface area contributed by atoms with Gasteiger partial charge in [0.25, 0.3) is 0 Å². The summed E-state index contributed by atoms with van der Waals surface area (Å²) in [7, 11) is -3.69. The van der Waals surface area contributed by atoms with Gasteiger partial charge in [0.15, 0.2) is 0 Å². The molecular formula is C18H19BrN2O5S. The van der Waals surface area contributed by atoms with Gasteiger partial charge in [-0.25, -0.2) is 13.2 Å². The minimum Gasteiger partial charge on any atom is -0.462 e. The van der Waals surface area contributed by atoms with E-state index in [0.717, 1.165) is 15.0 Å². The van der Waals surface area contributed by atoms with E-state index in [1.165, 1.54) is 6.07 Å². The van der Waals surface area contributed by atoms with Crippen LogP contribution in [-0.4, -0.2) is 39.7 Å². The molecule has 0 spiro atoms. The molecule has 1 N–H and O–H groups in total. The smallest absolute Gasteiger partial charge is 0.340 e. The molecule has 0 aliphatic carbocycles. The molecule has 0 radical (unpaired) electrons. The fourth-order valence-electron chi connectivity index (χ4n) is 2.31. The van der Waals surface area contributed by atoms with Crippen molar-refractivity contribution in [2.24, 2.45) is 0 Å². The number of para-hydroxylation sites is 1. The van der Waals surface area contributed by atoms with E-state index in [-0.39, 0.29) is 17.9 Å². The molecule has 7 nitrogen and oxygen atoms in total. The predicted octanol–water partition coefficient (Wildman–Crippen LogP) is 3.03. The number of rotatable bonds is 7. The van der Waals surface area contributed by atoms with Crippen LogP contribution < -0.4 is 9.62 Å². The van der Waals surface area contributed by atoms with Gasteiger partial charge in [-0.05, 0) is 43.3 Å². The monoisotopic (exact) mass is 454 g/mol. The first-order valence-corrected chi connectivity index (χ1v) is 10.7. The molecule has 0 aromatic heterocycles. The Bertz CT molecular complexity index is 929. The number of nitrogens with zero attached hydrogens (tertiary/aromatic N) is 1. The Kier molecular flexibility index (Phi) is 6.98. The van der Waals surface area contributed by atoms with Crippen LogP contribution in [0.1, 0.15) is 17.3 Å². The van der Waals surface area contributed by atoms with Crippen molar-refractivity contribution in [1.29, 1.82) is 0 Å². The second-order valence-corrected chi connectivity index (χ2v) is 8.38. The SMILES string of the molecule is CCOC(=O)c1ccccc1NC(=O)CN(c1ccc(Br)cc1)S(C)(=O)=O. The largest absolute Gasteiger partial charge is 0.462 e. The van der Waals surface area contributed by atoms with Crippen LogP contribution in [0.4, 0.5) is 11.4 Å². The molecule has 0 saturated heterocycles. The van der Waals surface area contributed by atoms with E-state index in [1.54, 1.807) is 49.4 Å². The van der Waals surface area contributed by atoms with Gasteiger partial charge < -0.3 is 10.1 Å². The highest BCUT2D eigenvalue weighted by molar-refractivity contribution is 9.10. The van der Waals surface area contributed by atoms with Crippen molar-refractivity contribution < 1.29 is 22.7 Å². The second kappa shape index (κ2) is 9.01. The number of esters is 1. The lowest BCUT2D eigenvalue weighted by Crippen LogP contribution is -2.37. The summed E-state index contributed by atoms with van der Waals surface area (Å²) in [5.74, 6) is -1.15.